The minimum Gasteiger partial charge on any atom is -0.478 e. The molecule has 40 heavy (non-hydrogen) atoms. The van der Waals surface area contributed by atoms with Gasteiger partial charge in [-0.15, -0.1) is 0 Å². The summed E-state index contributed by atoms with van der Waals surface area (Å²) in [6, 6.07) is 6.18. The fourth-order valence-corrected chi connectivity index (χ4v) is 6.79. The monoisotopic (exact) mass is 704 g/mol. The normalized spacial score (nSPS) is 19.6. The highest BCUT2D eigenvalue weighted by Gasteiger charge is 2.45. The highest BCUT2D eigenvalue weighted by Crippen LogP contribution is 2.52. The molecule has 2 aliphatic rings. The zero-order chi connectivity index (χ0) is 29.6. The van der Waals surface area contributed by atoms with E-state index in [0.29, 0.717) is 0 Å². The minimum absolute atomic E-state index is 0.00629. The number of rotatable bonds is 7. The number of benzene rings is 2. The van der Waals surface area contributed by atoms with Crippen LogP contribution < -0.4 is 21.5 Å². The van der Waals surface area contributed by atoms with Crippen molar-refractivity contribution in [3.05, 3.63) is 75.4 Å². The van der Waals surface area contributed by atoms with Gasteiger partial charge in [0.15, 0.2) is 15.6 Å². The standard InChI is InChI=1S/C23H21IN4O10S2/c24-28-16-6-4-13-17(14-9-10(22(29)27-8-7-25)1-2-11(14)23(30)31)12-3-5-15(26)20(39(32,33)34)18(12)38-19(13)21(16)40(35,36)37/h1-6,9,13,17H,7-8,25-26H2,(H,27,29)(H,30,31)(H,32,33,34)(H,35,36,37). The quantitative estimate of drug-likeness (QED) is 0.136. The molecular weight excluding hydrogens is 683 g/mol. The Hall–Kier alpha value is -3.36. The van der Waals surface area contributed by atoms with Crippen LogP contribution >= 0.6 is 22.9 Å². The number of allylic oxidation sites excluding steroid dienone is 3. The van der Waals surface area contributed by atoms with Gasteiger partial charge in [-0.25, -0.2) is 8.00 Å². The summed E-state index contributed by atoms with van der Waals surface area (Å²) < 4.78 is 79.3. The summed E-state index contributed by atoms with van der Waals surface area (Å²) in [4.78, 5) is 23.3. The smallest absolute Gasteiger partial charge is 0.335 e. The van der Waals surface area contributed by atoms with E-state index in [1.807, 2.05) is 0 Å². The number of anilines is 1. The van der Waals surface area contributed by atoms with Crippen LogP contribution in [0.5, 0.6) is 5.75 Å². The first kappa shape index (κ1) is 29.6. The van der Waals surface area contributed by atoms with Crippen LogP contribution in [0.1, 0.15) is 37.8 Å². The van der Waals surface area contributed by atoms with Crippen molar-refractivity contribution in [1.29, 1.82) is 0 Å². The Morgan fingerprint density at radius 1 is 1.07 bits per heavy atom. The number of nitrogen functional groups attached to an aromatic ring is 1. The van der Waals surface area contributed by atoms with Gasteiger partial charge in [0, 0.05) is 36.1 Å². The Labute approximate surface area is 241 Å². The number of hydrogen-bond donors (Lipinski definition) is 6. The zero-order valence-electron chi connectivity index (χ0n) is 20.1. The largest absolute Gasteiger partial charge is 0.478 e. The highest BCUT2D eigenvalue weighted by molar-refractivity contribution is 14.1. The molecule has 0 spiro atoms. The Kier molecular flexibility index (Phi) is 8.07. The number of carbonyl (C=O) groups excluding carboxylic acids is 1. The third-order valence-electron chi connectivity index (χ3n) is 6.22. The summed E-state index contributed by atoms with van der Waals surface area (Å²) in [6.07, 6.45) is 2.70. The second-order valence-corrected chi connectivity index (χ2v) is 11.8. The van der Waals surface area contributed by atoms with Crippen LogP contribution in [0.4, 0.5) is 5.69 Å². The van der Waals surface area contributed by atoms with Crippen LogP contribution in [-0.4, -0.2) is 61.7 Å². The van der Waals surface area contributed by atoms with Crippen LogP contribution in [0.3, 0.4) is 0 Å². The lowest BCUT2D eigenvalue weighted by Crippen LogP contribution is -2.33. The maximum atomic E-state index is 12.7. The number of amides is 1. The van der Waals surface area contributed by atoms with Gasteiger partial charge >= 0.3 is 5.97 Å². The molecule has 1 aliphatic carbocycles. The molecule has 17 heteroatoms. The highest BCUT2D eigenvalue weighted by atomic mass is 127. The third kappa shape index (κ3) is 5.34. The number of carboxylic acids is 1. The summed E-state index contributed by atoms with van der Waals surface area (Å²) >= 11 is 1.49. The zero-order valence-corrected chi connectivity index (χ0v) is 23.9. The van der Waals surface area contributed by atoms with Gasteiger partial charge in [0.05, 0.1) is 39.8 Å². The number of nitrogens with one attached hydrogen (secondary N) is 1. The molecule has 0 fully saturated rings. The number of carboxylic acid groups (broad SMARTS) is 1. The van der Waals surface area contributed by atoms with Gasteiger partial charge in [0.1, 0.15) is 5.76 Å². The Morgan fingerprint density at radius 2 is 1.77 bits per heavy atom. The predicted molar refractivity (Wildman–Crippen MR) is 151 cm³/mol. The number of fused-ring (bicyclic) bond motifs is 2. The van der Waals surface area contributed by atoms with Gasteiger partial charge in [0.25, 0.3) is 26.1 Å². The fourth-order valence-electron chi connectivity index (χ4n) is 4.66. The SMILES string of the molecule is NCCNC(=O)c1ccc(C(=O)O)c(C2c3ccc(N)c(S(=O)(=O)O)c3OC3=C(S(=O)(=O)O)C(=NI)C=CC32)c1. The Balaban J connectivity index is 2.14. The average Bonchev–Trinajstić information content (AvgIpc) is 2.87. The van der Waals surface area contributed by atoms with Crippen LogP contribution in [0.25, 0.3) is 0 Å². The van der Waals surface area contributed by atoms with E-state index in [-0.39, 0.29) is 41.1 Å². The maximum Gasteiger partial charge on any atom is 0.335 e. The molecule has 2 unspecified atom stereocenters. The molecule has 0 aromatic heterocycles. The van der Waals surface area contributed by atoms with Gasteiger partial charge in [-0.2, -0.15) is 16.8 Å². The van der Waals surface area contributed by atoms with E-state index in [2.05, 4.69) is 8.52 Å². The first-order chi connectivity index (χ1) is 18.7. The van der Waals surface area contributed by atoms with Crippen molar-refractivity contribution in [1.82, 2.24) is 5.32 Å². The summed E-state index contributed by atoms with van der Waals surface area (Å²) in [5.41, 5.74) is 10.3. The molecule has 1 amide bonds. The van der Waals surface area contributed by atoms with Gasteiger partial charge in [-0.05, 0) is 35.9 Å². The van der Waals surface area contributed by atoms with E-state index in [9.17, 15) is 40.6 Å². The molecule has 2 aromatic carbocycles. The van der Waals surface area contributed by atoms with E-state index < -0.39 is 70.9 Å². The first-order valence-electron chi connectivity index (χ1n) is 11.2. The predicted octanol–water partition coefficient (Wildman–Crippen LogP) is 1.50. The summed E-state index contributed by atoms with van der Waals surface area (Å²) in [5, 5.41) is 12.6. The van der Waals surface area contributed by atoms with Gasteiger partial charge in [-0.3, -0.25) is 13.9 Å². The van der Waals surface area contributed by atoms with Crippen molar-refractivity contribution in [2.75, 3.05) is 18.8 Å². The van der Waals surface area contributed by atoms with Crippen molar-refractivity contribution in [3.8, 4) is 5.75 Å². The molecule has 8 N–H and O–H groups in total. The van der Waals surface area contributed by atoms with E-state index in [0.717, 1.165) is 6.07 Å². The third-order valence-corrected chi connectivity index (χ3v) is 8.60. The van der Waals surface area contributed by atoms with Crippen LogP contribution in [0.2, 0.25) is 0 Å². The number of carbonyl (C=O) groups is 2. The van der Waals surface area contributed by atoms with E-state index >= 15 is 0 Å². The Morgan fingerprint density at radius 3 is 2.35 bits per heavy atom. The molecule has 4 rings (SSSR count). The second kappa shape index (κ2) is 10.9. The lowest BCUT2D eigenvalue weighted by atomic mass is 9.74. The molecule has 0 saturated heterocycles. The number of hydrogen-bond acceptors (Lipinski definition) is 10. The van der Waals surface area contributed by atoms with Crippen molar-refractivity contribution in [2.45, 2.75) is 10.8 Å². The molecule has 2 atom stereocenters. The second-order valence-electron chi connectivity index (χ2n) is 8.63. The van der Waals surface area contributed by atoms with Gasteiger partial charge in [-0.1, -0.05) is 12.1 Å². The lowest BCUT2D eigenvalue weighted by molar-refractivity contribution is 0.0694. The van der Waals surface area contributed by atoms with Crippen molar-refractivity contribution >= 4 is 66.4 Å². The van der Waals surface area contributed by atoms with E-state index in [4.69, 9.17) is 16.2 Å². The molecule has 212 valence electrons. The number of aromatic carboxylic acids is 1. The summed E-state index contributed by atoms with van der Waals surface area (Å²) in [7, 11) is -10.1. The van der Waals surface area contributed by atoms with Crippen molar-refractivity contribution in [3.63, 3.8) is 0 Å². The fraction of sp³-hybridized carbons (Fsp3) is 0.174. The molecular formula is C23H21IN4O10S2. The molecule has 2 aromatic rings. The van der Waals surface area contributed by atoms with E-state index in [1.54, 1.807) is 0 Å². The number of halogens is 1. The average molecular weight is 704 g/mol. The first-order valence-corrected chi connectivity index (χ1v) is 15.1. The van der Waals surface area contributed by atoms with Crippen molar-refractivity contribution < 1.29 is 45.4 Å². The number of ether oxygens (including phenoxy) is 1. The topological polar surface area (TPSA) is 249 Å². The Bertz CT molecular complexity index is 1750. The van der Waals surface area contributed by atoms with E-state index in [1.165, 1.54) is 59.3 Å². The molecule has 0 saturated carbocycles. The molecule has 1 heterocycles. The summed E-state index contributed by atoms with van der Waals surface area (Å²) in [6.45, 7) is 0.263. The van der Waals surface area contributed by atoms with Crippen LogP contribution in [0.15, 0.2) is 61.2 Å². The summed E-state index contributed by atoms with van der Waals surface area (Å²) in [5.74, 6) is -5.43. The molecule has 0 bridgehead atoms. The van der Waals surface area contributed by atoms with Gasteiger partial charge < -0.3 is 26.6 Å². The minimum atomic E-state index is -5.08. The number of nitrogens with zero attached hydrogens (tertiary/aromatic N) is 1. The van der Waals surface area contributed by atoms with Crippen molar-refractivity contribution in [2.24, 2.45) is 14.9 Å². The van der Waals surface area contributed by atoms with Gasteiger partial charge in [0.2, 0.25) is 0 Å². The molecule has 0 radical (unpaired) electrons. The maximum absolute atomic E-state index is 12.7. The molecule has 1 aliphatic heterocycles. The lowest BCUT2D eigenvalue weighted by Gasteiger charge is -2.37. The molecule has 14 nitrogen and oxygen atoms in total. The van der Waals surface area contributed by atoms with Crippen LogP contribution in [0, 0.1) is 5.92 Å². The van der Waals surface area contributed by atoms with Crippen LogP contribution in [-0.2, 0) is 20.2 Å². The number of nitrogens with two attached hydrogens (primary N) is 2.